The molecule has 2 heterocycles. The van der Waals surface area contributed by atoms with Gasteiger partial charge in [-0.25, -0.2) is 0 Å². The Morgan fingerprint density at radius 2 is 2.11 bits per heavy atom. The van der Waals surface area contributed by atoms with Gasteiger partial charge in [-0.1, -0.05) is 18.5 Å². The van der Waals surface area contributed by atoms with Crippen LogP contribution < -0.4 is 4.74 Å². The number of rotatable bonds is 4. The van der Waals surface area contributed by atoms with E-state index in [1.807, 2.05) is 6.07 Å². The van der Waals surface area contributed by atoms with Gasteiger partial charge < -0.3 is 9.64 Å². The molecule has 0 amide bonds. The van der Waals surface area contributed by atoms with E-state index in [4.69, 9.17) is 16.3 Å². The minimum absolute atomic E-state index is 0.404. The Labute approximate surface area is 113 Å². The number of halogens is 1. The second kappa shape index (κ2) is 6.34. The average Bonchev–Trinajstić information content (AvgIpc) is 2.40. The van der Waals surface area contributed by atoms with Gasteiger partial charge in [-0.05, 0) is 50.9 Å². The molecule has 1 aromatic heterocycles. The Hall–Kier alpha value is -0.870. The van der Waals surface area contributed by atoms with Crippen LogP contribution in [0.1, 0.15) is 25.5 Å². The first-order valence-corrected chi connectivity index (χ1v) is 6.89. The Bertz CT molecular complexity index is 392. The highest BCUT2D eigenvalue weighted by Crippen LogP contribution is 2.24. The van der Waals surface area contributed by atoms with E-state index in [1.165, 1.54) is 25.9 Å². The maximum Gasteiger partial charge on any atom is 0.252 e. The second-order valence-corrected chi connectivity index (χ2v) is 5.18. The monoisotopic (exact) mass is 269 g/mol. The first kappa shape index (κ1) is 13.6. The highest BCUT2D eigenvalue weighted by molar-refractivity contribution is 6.31. The van der Waals surface area contributed by atoms with Crippen molar-refractivity contribution in [1.29, 1.82) is 0 Å². The molecule has 4 nitrogen and oxygen atoms in total. The van der Waals surface area contributed by atoms with Crippen molar-refractivity contribution in [1.82, 2.24) is 15.1 Å². The van der Waals surface area contributed by atoms with Crippen LogP contribution in [0.15, 0.2) is 6.07 Å². The topological polar surface area (TPSA) is 38.2 Å². The zero-order chi connectivity index (χ0) is 13.0. The van der Waals surface area contributed by atoms with E-state index >= 15 is 0 Å². The number of ether oxygens (including phenoxy) is 1. The first-order valence-electron chi connectivity index (χ1n) is 6.51. The van der Waals surface area contributed by atoms with E-state index in [2.05, 4.69) is 22.0 Å². The van der Waals surface area contributed by atoms with Gasteiger partial charge in [0.25, 0.3) is 5.88 Å². The molecule has 1 fully saturated rings. The molecule has 18 heavy (non-hydrogen) atoms. The fourth-order valence-electron chi connectivity index (χ4n) is 2.43. The van der Waals surface area contributed by atoms with Gasteiger partial charge in [-0.15, -0.1) is 5.10 Å². The molecule has 1 saturated heterocycles. The molecule has 100 valence electrons. The molecule has 0 aliphatic carbocycles. The first-order chi connectivity index (χ1) is 8.72. The summed E-state index contributed by atoms with van der Waals surface area (Å²) in [5.74, 6) is 1.10. The number of aromatic nitrogens is 2. The maximum absolute atomic E-state index is 6.06. The second-order valence-electron chi connectivity index (χ2n) is 4.77. The lowest BCUT2D eigenvalue weighted by Gasteiger charge is -2.30. The standard InChI is InChI=1S/C13H20ClN3O/c1-3-17-6-4-10(5-7-17)8-11-9-12(14)13(18-2)16-15-11/h9-10H,3-8H2,1-2H3. The van der Waals surface area contributed by atoms with Crippen molar-refractivity contribution in [3.05, 3.63) is 16.8 Å². The molecule has 0 atom stereocenters. The number of piperidine rings is 1. The molecule has 0 spiro atoms. The molecule has 0 aromatic carbocycles. The highest BCUT2D eigenvalue weighted by Gasteiger charge is 2.19. The molecule has 0 saturated carbocycles. The fraction of sp³-hybridized carbons (Fsp3) is 0.692. The third-order valence-corrected chi connectivity index (χ3v) is 3.88. The summed E-state index contributed by atoms with van der Waals surface area (Å²) in [6, 6.07) is 1.87. The molecule has 1 aliphatic heterocycles. The SMILES string of the molecule is CCN1CCC(Cc2cc(Cl)c(OC)nn2)CC1. The van der Waals surface area contributed by atoms with Crippen LogP contribution in [0.3, 0.4) is 0 Å². The quantitative estimate of drug-likeness (QED) is 0.841. The van der Waals surface area contributed by atoms with Crippen LogP contribution in [0.2, 0.25) is 5.02 Å². The lowest BCUT2D eigenvalue weighted by Crippen LogP contribution is -2.34. The summed E-state index contributed by atoms with van der Waals surface area (Å²) in [6.07, 6.45) is 3.44. The Kier molecular flexibility index (Phi) is 4.78. The fourth-order valence-corrected chi connectivity index (χ4v) is 2.68. The van der Waals surface area contributed by atoms with E-state index in [0.717, 1.165) is 18.7 Å². The van der Waals surface area contributed by atoms with Crippen LogP contribution in [0.4, 0.5) is 0 Å². The summed E-state index contributed by atoms with van der Waals surface area (Å²) in [6.45, 7) is 5.76. The predicted octanol–water partition coefficient (Wildman–Crippen LogP) is 2.41. The van der Waals surface area contributed by atoms with Gasteiger partial charge in [0.2, 0.25) is 0 Å². The number of hydrogen-bond acceptors (Lipinski definition) is 4. The lowest BCUT2D eigenvalue weighted by molar-refractivity contribution is 0.191. The average molecular weight is 270 g/mol. The molecular weight excluding hydrogens is 250 g/mol. The maximum atomic E-state index is 6.06. The summed E-state index contributed by atoms with van der Waals surface area (Å²) in [5.41, 5.74) is 0.968. The Balaban J connectivity index is 1.92. The van der Waals surface area contributed by atoms with Crippen molar-refractivity contribution in [3.8, 4) is 5.88 Å². The zero-order valence-corrected chi connectivity index (χ0v) is 11.8. The highest BCUT2D eigenvalue weighted by atomic mass is 35.5. The van der Waals surface area contributed by atoms with Crippen molar-refractivity contribution < 1.29 is 4.74 Å². The molecule has 1 aromatic rings. The number of likely N-dealkylation sites (tertiary alicyclic amines) is 1. The van der Waals surface area contributed by atoms with Crippen LogP contribution >= 0.6 is 11.6 Å². The summed E-state index contributed by atoms with van der Waals surface area (Å²) in [4.78, 5) is 2.49. The lowest BCUT2D eigenvalue weighted by atomic mass is 9.92. The normalized spacial score (nSPS) is 17.9. The molecule has 2 rings (SSSR count). The minimum atomic E-state index is 0.404. The van der Waals surface area contributed by atoms with E-state index in [1.54, 1.807) is 7.11 Å². The van der Waals surface area contributed by atoms with Gasteiger partial charge in [-0.3, -0.25) is 0 Å². The van der Waals surface area contributed by atoms with Gasteiger partial charge in [-0.2, -0.15) is 5.10 Å². The number of methoxy groups -OCH3 is 1. The van der Waals surface area contributed by atoms with E-state index in [-0.39, 0.29) is 0 Å². The van der Waals surface area contributed by atoms with Gasteiger partial charge in [0, 0.05) is 0 Å². The zero-order valence-electron chi connectivity index (χ0n) is 11.0. The third kappa shape index (κ3) is 3.33. The predicted molar refractivity (Wildman–Crippen MR) is 72.1 cm³/mol. The summed E-state index contributed by atoms with van der Waals surface area (Å²) in [7, 11) is 1.55. The van der Waals surface area contributed by atoms with Crippen LogP contribution in [-0.4, -0.2) is 41.8 Å². The van der Waals surface area contributed by atoms with Crippen LogP contribution in [0.5, 0.6) is 5.88 Å². The number of hydrogen-bond donors (Lipinski definition) is 0. The van der Waals surface area contributed by atoms with Crippen LogP contribution in [-0.2, 0) is 6.42 Å². The Morgan fingerprint density at radius 1 is 1.39 bits per heavy atom. The van der Waals surface area contributed by atoms with Gasteiger partial charge in [0.15, 0.2) is 0 Å². The van der Waals surface area contributed by atoms with Crippen LogP contribution in [0, 0.1) is 5.92 Å². The largest absolute Gasteiger partial charge is 0.479 e. The summed E-state index contributed by atoms with van der Waals surface area (Å²) >= 11 is 6.06. The molecule has 0 unspecified atom stereocenters. The van der Waals surface area contributed by atoms with E-state index < -0.39 is 0 Å². The van der Waals surface area contributed by atoms with Crippen molar-refractivity contribution in [3.63, 3.8) is 0 Å². The molecule has 0 bridgehead atoms. The van der Waals surface area contributed by atoms with E-state index in [0.29, 0.717) is 16.8 Å². The molecule has 1 aliphatic rings. The molecule has 0 N–H and O–H groups in total. The summed E-state index contributed by atoms with van der Waals surface area (Å²) < 4.78 is 5.01. The third-order valence-electron chi connectivity index (χ3n) is 3.61. The van der Waals surface area contributed by atoms with E-state index in [9.17, 15) is 0 Å². The van der Waals surface area contributed by atoms with Crippen molar-refractivity contribution in [2.45, 2.75) is 26.2 Å². The van der Waals surface area contributed by atoms with Crippen LogP contribution in [0.25, 0.3) is 0 Å². The molecule has 0 radical (unpaired) electrons. The minimum Gasteiger partial charge on any atom is -0.479 e. The molecule has 5 heteroatoms. The molecular formula is C13H20ClN3O. The van der Waals surface area contributed by atoms with Gasteiger partial charge in [0.05, 0.1) is 12.8 Å². The smallest absolute Gasteiger partial charge is 0.252 e. The van der Waals surface area contributed by atoms with Crippen molar-refractivity contribution in [2.75, 3.05) is 26.7 Å². The van der Waals surface area contributed by atoms with Gasteiger partial charge in [0.1, 0.15) is 5.02 Å². The number of nitrogens with zero attached hydrogens (tertiary/aromatic N) is 3. The Morgan fingerprint density at radius 3 is 2.67 bits per heavy atom. The van der Waals surface area contributed by atoms with Gasteiger partial charge >= 0.3 is 0 Å². The van der Waals surface area contributed by atoms with Crippen molar-refractivity contribution in [2.24, 2.45) is 5.92 Å². The summed E-state index contributed by atoms with van der Waals surface area (Å²) in [5, 5.41) is 8.70. The van der Waals surface area contributed by atoms with Crippen molar-refractivity contribution >= 4 is 11.6 Å².